The fourth-order valence-corrected chi connectivity index (χ4v) is 4.23. The number of carbonyl (C=O) groups is 1. The van der Waals surface area contributed by atoms with Crippen molar-refractivity contribution < 1.29 is 27.9 Å². The summed E-state index contributed by atoms with van der Waals surface area (Å²) in [7, 11) is -5.61. The third kappa shape index (κ3) is 5.14. The highest BCUT2D eigenvalue weighted by atomic mass is 79.9. The average molecular weight is 466 g/mol. The second-order valence-electron chi connectivity index (χ2n) is 5.39. The molecular formula is C16H15BrF2NO4PS. The minimum Gasteiger partial charge on any atom is -0.326 e. The van der Waals surface area contributed by atoms with Gasteiger partial charge in [-0.3, -0.25) is 9.36 Å². The summed E-state index contributed by atoms with van der Waals surface area (Å²) in [4.78, 5) is 29.6. The van der Waals surface area contributed by atoms with Gasteiger partial charge in [-0.25, -0.2) is 0 Å². The Balaban J connectivity index is 2.08. The van der Waals surface area contributed by atoms with Gasteiger partial charge in [0, 0.05) is 33.3 Å². The van der Waals surface area contributed by atoms with Crippen molar-refractivity contribution in [2.24, 2.45) is 0 Å². The highest BCUT2D eigenvalue weighted by Gasteiger charge is 2.51. The normalized spacial score (nSPS) is 12.1. The minimum atomic E-state index is -5.61. The van der Waals surface area contributed by atoms with Gasteiger partial charge in [-0.15, -0.1) is 11.8 Å². The fourth-order valence-electron chi connectivity index (χ4n) is 2.05. The van der Waals surface area contributed by atoms with Crippen LogP contribution in [0.1, 0.15) is 18.1 Å². The molecule has 0 radical (unpaired) electrons. The smallest absolute Gasteiger partial charge is 0.326 e. The molecule has 0 spiro atoms. The van der Waals surface area contributed by atoms with Crippen molar-refractivity contribution >= 4 is 46.9 Å². The lowest BCUT2D eigenvalue weighted by atomic mass is 10.1. The van der Waals surface area contributed by atoms with Gasteiger partial charge in [0.2, 0.25) is 5.91 Å². The molecule has 0 heterocycles. The summed E-state index contributed by atoms with van der Waals surface area (Å²) >= 11 is 4.42. The molecule has 5 nitrogen and oxygen atoms in total. The number of rotatable bonds is 6. The predicted octanol–water partition coefficient (Wildman–Crippen LogP) is 4.93. The van der Waals surface area contributed by atoms with E-state index in [1.807, 2.05) is 12.1 Å². The maximum Gasteiger partial charge on any atom is 0.399 e. The zero-order chi connectivity index (χ0) is 19.5. The first-order valence-corrected chi connectivity index (χ1v) is 10.6. The van der Waals surface area contributed by atoms with E-state index in [-0.39, 0.29) is 10.4 Å². The van der Waals surface area contributed by atoms with Gasteiger partial charge in [-0.2, -0.15) is 8.78 Å². The van der Waals surface area contributed by atoms with Gasteiger partial charge in [-0.1, -0.05) is 28.1 Å². The van der Waals surface area contributed by atoms with E-state index in [9.17, 15) is 18.1 Å². The third-order valence-electron chi connectivity index (χ3n) is 3.30. The van der Waals surface area contributed by atoms with E-state index in [2.05, 4.69) is 21.2 Å². The van der Waals surface area contributed by atoms with Crippen molar-refractivity contribution in [2.45, 2.75) is 23.2 Å². The Hall–Kier alpha value is -1.25. The van der Waals surface area contributed by atoms with E-state index in [1.54, 1.807) is 12.1 Å². The van der Waals surface area contributed by atoms with Gasteiger partial charge in [0.05, 0.1) is 0 Å². The van der Waals surface area contributed by atoms with Crippen LogP contribution in [-0.2, 0) is 20.8 Å². The number of carbonyl (C=O) groups excluding carboxylic acids is 1. The van der Waals surface area contributed by atoms with Crippen LogP contribution in [0.3, 0.4) is 0 Å². The maximum atomic E-state index is 13.8. The van der Waals surface area contributed by atoms with Gasteiger partial charge in [0.15, 0.2) is 0 Å². The Morgan fingerprint density at radius 1 is 1.23 bits per heavy atom. The van der Waals surface area contributed by atoms with Crippen LogP contribution in [-0.4, -0.2) is 15.7 Å². The molecule has 0 aliphatic carbocycles. The largest absolute Gasteiger partial charge is 0.399 e. The Kier molecular flexibility index (Phi) is 6.63. The molecule has 0 saturated heterocycles. The summed E-state index contributed by atoms with van der Waals surface area (Å²) in [5.74, 6) is 0.308. The van der Waals surface area contributed by atoms with Crippen molar-refractivity contribution in [3.8, 4) is 0 Å². The Morgan fingerprint density at radius 3 is 2.35 bits per heavy atom. The highest BCUT2D eigenvalue weighted by molar-refractivity contribution is 9.10. The molecule has 2 aromatic rings. The van der Waals surface area contributed by atoms with Crippen LogP contribution in [0, 0.1) is 0 Å². The molecule has 0 saturated carbocycles. The van der Waals surface area contributed by atoms with Gasteiger partial charge >= 0.3 is 13.3 Å². The number of nitrogens with one attached hydrogen (secondary N) is 1. The number of hydrogen-bond acceptors (Lipinski definition) is 3. The molecule has 2 rings (SSSR count). The Bertz CT molecular complexity index is 858. The number of benzene rings is 2. The number of anilines is 1. The van der Waals surface area contributed by atoms with Gasteiger partial charge in [-0.05, 0) is 35.9 Å². The number of alkyl halides is 2. The van der Waals surface area contributed by atoms with E-state index in [4.69, 9.17) is 9.79 Å². The summed E-state index contributed by atoms with van der Waals surface area (Å²) in [5, 5.41) is 2.66. The minimum absolute atomic E-state index is 0.0649. The molecule has 0 unspecified atom stereocenters. The van der Waals surface area contributed by atoms with E-state index in [1.165, 1.54) is 30.8 Å². The molecule has 0 fully saturated rings. The molecular weight excluding hydrogens is 451 g/mol. The van der Waals surface area contributed by atoms with Gasteiger partial charge in [0.1, 0.15) is 0 Å². The third-order valence-corrected chi connectivity index (χ3v) is 6.02. The van der Waals surface area contributed by atoms with Crippen molar-refractivity contribution in [3.63, 3.8) is 0 Å². The monoisotopic (exact) mass is 465 g/mol. The van der Waals surface area contributed by atoms with Gasteiger partial charge < -0.3 is 15.1 Å². The van der Waals surface area contributed by atoms with Crippen LogP contribution in [0.15, 0.2) is 51.8 Å². The predicted molar refractivity (Wildman–Crippen MR) is 100 cm³/mol. The van der Waals surface area contributed by atoms with E-state index < -0.39 is 18.8 Å². The summed E-state index contributed by atoms with van der Waals surface area (Å²) in [6.07, 6.45) is 0. The van der Waals surface area contributed by atoms with Crippen molar-refractivity contribution in [3.05, 3.63) is 58.1 Å². The summed E-state index contributed by atoms with van der Waals surface area (Å²) in [6.45, 7) is 1.42. The zero-order valence-corrected chi connectivity index (χ0v) is 16.7. The lowest BCUT2D eigenvalue weighted by molar-refractivity contribution is -0.114. The van der Waals surface area contributed by atoms with Crippen LogP contribution in [0.2, 0.25) is 0 Å². The van der Waals surface area contributed by atoms with Crippen molar-refractivity contribution in [2.75, 3.05) is 5.32 Å². The van der Waals surface area contributed by atoms with Crippen LogP contribution in [0.25, 0.3) is 0 Å². The Labute approximate surface area is 161 Å². The molecule has 0 bridgehead atoms. The lowest BCUT2D eigenvalue weighted by Gasteiger charge is -2.19. The maximum absolute atomic E-state index is 13.8. The van der Waals surface area contributed by atoms with Crippen LogP contribution >= 0.6 is 35.3 Å². The molecule has 2 aromatic carbocycles. The molecule has 140 valence electrons. The zero-order valence-electron chi connectivity index (χ0n) is 13.4. The molecule has 26 heavy (non-hydrogen) atoms. The molecule has 0 aliphatic heterocycles. The first-order valence-electron chi connectivity index (χ1n) is 7.23. The Morgan fingerprint density at radius 2 is 1.85 bits per heavy atom. The standard InChI is InChI=1S/C16H15BrF2NO4PS/c1-10(21)20-12-3-5-13(6-4-12)26-9-11-2-7-14(15(17)8-11)16(18,19)25(22,23)24/h2-8H,9H2,1H3,(H,20,21)(H2,22,23,24). The average Bonchev–Trinajstić information content (AvgIpc) is 2.52. The number of thioether (sulfide) groups is 1. The molecule has 0 aliphatic rings. The summed E-state index contributed by atoms with van der Waals surface area (Å²) in [6, 6.07) is 11.0. The molecule has 3 N–H and O–H groups in total. The van der Waals surface area contributed by atoms with Crippen molar-refractivity contribution in [1.29, 1.82) is 0 Å². The number of amides is 1. The summed E-state index contributed by atoms with van der Waals surface area (Å²) < 4.78 is 38.5. The highest BCUT2D eigenvalue weighted by Crippen LogP contribution is 2.60. The second kappa shape index (κ2) is 8.19. The lowest BCUT2D eigenvalue weighted by Crippen LogP contribution is -2.14. The van der Waals surface area contributed by atoms with Crippen molar-refractivity contribution in [1.82, 2.24) is 0 Å². The molecule has 0 aromatic heterocycles. The molecule has 10 heteroatoms. The van der Waals surface area contributed by atoms with Crippen LogP contribution in [0.5, 0.6) is 0 Å². The quantitative estimate of drug-likeness (QED) is 0.416. The topological polar surface area (TPSA) is 86.6 Å². The van der Waals surface area contributed by atoms with Crippen LogP contribution in [0.4, 0.5) is 14.5 Å². The number of hydrogen-bond donors (Lipinski definition) is 3. The van der Waals surface area contributed by atoms with E-state index in [0.29, 0.717) is 17.0 Å². The SMILES string of the molecule is CC(=O)Nc1ccc(SCc2ccc(C(F)(F)P(=O)(O)O)c(Br)c2)cc1. The second-order valence-corrected chi connectivity index (χ2v) is 8.95. The summed E-state index contributed by atoms with van der Waals surface area (Å²) in [5.41, 5.74) is -3.62. The first kappa shape index (κ1) is 21.1. The fraction of sp³-hybridized carbons (Fsp3) is 0.188. The number of halogens is 3. The molecule has 0 atom stereocenters. The first-order chi connectivity index (χ1) is 12.0. The van der Waals surface area contributed by atoms with Gasteiger partial charge in [0.25, 0.3) is 0 Å². The molecule has 1 amide bonds. The van der Waals surface area contributed by atoms with E-state index in [0.717, 1.165) is 11.0 Å². The van der Waals surface area contributed by atoms with Crippen LogP contribution < -0.4 is 5.32 Å². The van der Waals surface area contributed by atoms with E-state index >= 15 is 0 Å².